The molecule has 0 radical (unpaired) electrons. The highest BCUT2D eigenvalue weighted by molar-refractivity contribution is 5.68. The van der Waals surface area contributed by atoms with Crippen LogP contribution in [0.2, 0.25) is 0 Å². The molecule has 0 aliphatic rings. The molecule has 90 valence electrons. The van der Waals surface area contributed by atoms with Gasteiger partial charge in [0.1, 0.15) is 5.75 Å². The molecule has 0 spiro atoms. The second-order valence-electron chi connectivity index (χ2n) is 4.04. The molecule has 0 bridgehead atoms. The SMILES string of the molecule is COc1ccc(N)c(NCCCN(C)C)c1. The monoisotopic (exact) mass is 223 g/mol. The fourth-order valence-corrected chi connectivity index (χ4v) is 1.43. The lowest BCUT2D eigenvalue weighted by molar-refractivity contribution is 0.405. The molecular formula is C12H21N3O. The zero-order chi connectivity index (χ0) is 12.0. The van der Waals surface area contributed by atoms with Gasteiger partial charge in [0.25, 0.3) is 0 Å². The van der Waals surface area contributed by atoms with Crippen molar-refractivity contribution in [3.05, 3.63) is 18.2 Å². The van der Waals surface area contributed by atoms with Gasteiger partial charge in [-0.2, -0.15) is 0 Å². The molecule has 4 nitrogen and oxygen atoms in total. The third-order valence-electron chi connectivity index (χ3n) is 2.36. The first-order valence-electron chi connectivity index (χ1n) is 5.45. The Balaban J connectivity index is 2.46. The summed E-state index contributed by atoms with van der Waals surface area (Å²) in [6.45, 7) is 1.98. The Labute approximate surface area is 97.4 Å². The van der Waals surface area contributed by atoms with E-state index in [0.717, 1.165) is 36.6 Å². The summed E-state index contributed by atoms with van der Waals surface area (Å²) in [5.41, 5.74) is 7.56. The van der Waals surface area contributed by atoms with Gasteiger partial charge < -0.3 is 20.7 Å². The quantitative estimate of drug-likeness (QED) is 0.568. The lowest BCUT2D eigenvalue weighted by atomic mass is 10.2. The predicted octanol–water partition coefficient (Wildman–Crippen LogP) is 1.64. The summed E-state index contributed by atoms with van der Waals surface area (Å²) < 4.78 is 5.15. The zero-order valence-corrected chi connectivity index (χ0v) is 10.3. The molecule has 0 saturated heterocycles. The van der Waals surface area contributed by atoms with Gasteiger partial charge >= 0.3 is 0 Å². The first kappa shape index (κ1) is 12.6. The van der Waals surface area contributed by atoms with Crippen LogP contribution in [0.25, 0.3) is 0 Å². The maximum atomic E-state index is 5.86. The molecule has 0 amide bonds. The van der Waals surface area contributed by atoms with E-state index in [2.05, 4.69) is 24.3 Å². The van der Waals surface area contributed by atoms with Gasteiger partial charge in [-0.25, -0.2) is 0 Å². The highest BCUT2D eigenvalue weighted by Crippen LogP contribution is 2.24. The van der Waals surface area contributed by atoms with Crippen LogP contribution < -0.4 is 15.8 Å². The summed E-state index contributed by atoms with van der Waals surface area (Å²) in [6.07, 6.45) is 1.09. The van der Waals surface area contributed by atoms with Crippen LogP contribution in [0.1, 0.15) is 6.42 Å². The molecule has 0 heterocycles. The van der Waals surface area contributed by atoms with Crippen molar-refractivity contribution < 1.29 is 4.74 Å². The summed E-state index contributed by atoms with van der Waals surface area (Å²) >= 11 is 0. The maximum Gasteiger partial charge on any atom is 0.121 e. The topological polar surface area (TPSA) is 50.5 Å². The molecule has 0 aliphatic carbocycles. The lowest BCUT2D eigenvalue weighted by Crippen LogP contribution is -2.16. The van der Waals surface area contributed by atoms with Gasteiger partial charge in [-0.1, -0.05) is 0 Å². The number of benzene rings is 1. The summed E-state index contributed by atoms with van der Waals surface area (Å²) in [6, 6.07) is 5.64. The first-order valence-corrected chi connectivity index (χ1v) is 5.45. The number of hydrogen-bond donors (Lipinski definition) is 2. The normalized spacial score (nSPS) is 10.5. The molecule has 3 N–H and O–H groups in total. The van der Waals surface area contributed by atoms with E-state index in [9.17, 15) is 0 Å². The number of hydrogen-bond acceptors (Lipinski definition) is 4. The molecule has 0 atom stereocenters. The van der Waals surface area contributed by atoms with E-state index in [1.807, 2.05) is 18.2 Å². The maximum absolute atomic E-state index is 5.86. The largest absolute Gasteiger partial charge is 0.497 e. The number of ether oxygens (including phenoxy) is 1. The number of nitrogens with one attached hydrogen (secondary N) is 1. The van der Waals surface area contributed by atoms with Crippen molar-refractivity contribution in [3.8, 4) is 5.75 Å². The average molecular weight is 223 g/mol. The molecule has 4 heteroatoms. The smallest absolute Gasteiger partial charge is 0.121 e. The van der Waals surface area contributed by atoms with E-state index in [0.29, 0.717) is 0 Å². The number of methoxy groups -OCH3 is 1. The van der Waals surface area contributed by atoms with Gasteiger partial charge in [0.15, 0.2) is 0 Å². The van der Waals surface area contributed by atoms with Crippen molar-refractivity contribution in [1.29, 1.82) is 0 Å². The molecule has 16 heavy (non-hydrogen) atoms. The van der Waals surface area contributed by atoms with Crippen molar-refractivity contribution in [3.63, 3.8) is 0 Å². The van der Waals surface area contributed by atoms with E-state index in [1.54, 1.807) is 7.11 Å². The summed E-state index contributed by atoms with van der Waals surface area (Å²) in [7, 11) is 5.79. The van der Waals surface area contributed by atoms with Crippen LogP contribution >= 0.6 is 0 Å². The Morgan fingerprint density at radius 3 is 2.75 bits per heavy atom. The van der Waals surface area contributed by atoms with Crippen molar-refractivity contribution in [1.82, 2.24) is 4.90 Å². The fraction of sp³-hybridized carbons (Fsp3) is 0.500. The van der Waals surface area contributed by atoms with Crippen LogP contribution in [0.5, 0.6) is 5.75 Å². The van der Waals surface area contributed by atoms with E-state index in [4.69, 9.17) is 10.5 Å². The number of nitrogens with two attached hydrogens (primary N) is 1. The van der Waals surface area contributed by atoms with E-state index in [-0.39, 0.29) is 0 Å². The Morgan fingerprint density at radius 2 is 2.12 bits per heavy atom. The van der Waals surface area contributed by atoms with Crippen molar-refractivity contribution >= 4 is 11.4 Å². The van der Waals surface area contributed by atoms with E-state index < -0.39 is 0 Å². The molecule has 0 fully saturated rings. The third kappa shape index (κ3) is 3.98. The Hall–Kier alpha value is -1.42. The number of anilines is 2. The summed E-state index contributed by atoms with van der Waals surface area (Å²) in [4.78, 5) is 2.16. The molecule has 0 aromatic heterocycles. The second-order valence-corrected chi connectivity index (χ2v) is 4.04. The molecule has 0 aliphatic heterocycles. The number of rotatable bonds is 6. The van der Waals surface area contributed by atoms with Crippen LogP contribution in [0.3, 0.4) is 0 Å². The highest BCUT2D eigenvalue weighted by atomic mass is 16.5. The Bertz CT molecular complexity index is 326. The molecule has 1 aromatic rings. The molecule has 0 saturated carbocycles. The lowest BCUT2D eigenvalue weighted by Gasteiger charge is -2.12. The number of nitrogens with zero attached hydrogens (tertiary/aromatic N) is 1. The minimum Gasteiger partial charge on any atom is -0.497 e. The van der Waals surface area contributed by atoms with Crippen LogP contribution in [0.15, 0.2) is 18.2 Å². The van der Waals surface area contributed by atoms with Gasteiger partial charge in [-0.3, -0.25) is 0 Å². The van der Waals surface area contributed by atoms with Crippen molar-refractivity contribution in [2.24, 2.45) is 0 Å². The Morgan fingerprint density at radius 1 is 1.38 bits per heavy atom. The molecular weight excluding hydrogens is 202 g/mol. The van der Waals surface area contributed by atoms with Gasteiger partial charge in [-0.15, -0.1) is 0 Å². The zero-order valence-electron chi connectivity index (χ0n) is 10.3. The van der Waals surface area contributed by atoms with Gasteiger partial charge in [0, 0.05) is 12.6 Å². The van der Waals surface area contributed by atoms with E-state index >= 15 is 0 Å². The Kier molecular flexibility index (Phi) is 4.92. The standard InChI is InChI=1S/C12H21N3O/c1-15(2)8-4-7-14-12-9-10(16-3)5-6-11(12)13/h5-6,9,14H,4,7-8,13H2,1-3H3. The molecule has 1 rings (SSSR count). The van der Waals surface area contributed by atoms with Gasteiger partial charge in [0.05, 0.1) is 18.5 Å². The summed E-state index contributed by atoms with van der Waals surface area (Å²) in [5.74, 6) is 0.823. The van der Waals surface area contributed by atoms with Crippen LogP contribution in [0.4, 0.5) is 11.4 Å². The molecule has 0 unspecified atom stereocenters. The van der Waals surface area contributed by atoms with Gasteiger partial charge in [0.2, 0.25) is 0 Å². The van der Waals surface area contributed by atoms with Crippen molar-refractivity contribution in [2.45, 2.75) is 6.42 Å². The van der Waals surface area contributed by atoms with Crippen molar-refractivity contribution in [2.75, 3.05) is 45.3 Å². The minimum absolute atomic E-state index is 0.755. The van der Waals surface area contributed by atoms with Crippen LogP contribution in [0, 0.1) is 0 Å². The third-order valence-corrected chi connectivity index (χ3v) is 2.36. The van der Waals surface area contributed by atoms with E-state index in [1.165, 1.54) is 0 Å². The minimum atomic E-state index is 0.755. The summed E-state index contributed by atoms with van der Waals surface area (Å²) in [5, 5.41) is 3.31. The number of nitrogen functional groups attached to an aromatic ring is 1. The fourth-order valence-electron chi connectivity index (χ4n) is 1.43. The van der Waals surface area contributed by atoms with Crippen LogP contribution in [-0.4, -0.2) is 39.2 Å². The highest BCUT2D eigenvalue weighted by Gasteiger charge is 2.00. The first-order chi connectivity index (χ1) is 7.63. The van der Waals surface area contributed by atoms with Gasteiger partial charge in [-0.05, 0) is 39.2 Å². The second kappa shape index (κ2) is 6.23. The van der Waals surface area contributed by atoms with Crippen LogP contribution in [-0.2, 0) is 0 Å². The molecule has 1 aromatic carbocycles. The average Bonchev–Trinajstić information content (AvgIpc) is 2.26. The predicted molar refractivity (Wildman–Crippen MR) is 69.1 cm³/mol.